The molecule has 3 nitrogen and oxygen atoms in total. The van der Waals surface area contributed by atoms with Gasteiger partial charge in [-0.15, -0.1) is 11.3 Å². The molecule has 1 atom stereocenters. The van der Waals surface area contributed by atoms with Crippen LogP contribution in [-0.4, -0.2) is 54.7 Å². The van der Waals surface area contributed by atoms with Crippen LogP contribution in [0.1, 0.15) is 15.9 Å². The van der Waals surface area contributed by atoms with Gasteiger partial charge in [-0.3, -0.25) is 4.90 Å². The first-order valence-corrected chi connectivity index (χ1v) is 6.62. The number of nitrogens with zero attached hydrogens (tertiary/aromatic N) is 2. The van der Waals surface area contributed by atoms with E-state index < -0.39 is 0 Å². The smallest absolute Gasteiger partial charge is 0.101 e. The summed E-state index contributed by atoms with van der Waals surface area (Å²) in [6, 6.07) is 4.12. The highest BCUT2D eigenvalue weighted by molar-refractivity contribution is 7.12. The van der Waals surface area contributed by atoms with E-state index >= 15 is 0 Å². The third-order valence-corrected chi connectivity index (χ3v) is 4.22. The highest BCUT2D eigenvalue weighted by Gasteiger charge is 2.18. The number of rotatable bonds is 3. The molecule has 2 heterocycles. The van der Waals surface area contributed by atoms with Crippen LogP contribution in [0.15, 0.2) is 12.1 Å². The Labute approximate surface area is 101 Å². The summed E-state index contributed by atoms with van der Waals surface area (Å²) in [7, 11) is 2.15. The Morgan fingerprint density at radius 3 is 2.56 bits per heavy atom. The van der Waals surface area contributed by atoms with Crippen LogP contribution >= 0.6 is 11.3 Å². The fraction of sp³-hybridized carbons (Fsp3) is 0.667. The number of likely N-dealkylation sites (N-methyl/N-ethyl adjacent to an activating group) is 1. The monoisotopic (exact) mass is 240 g/mol. The summed E-state index contributed by atoms with van der Waals surface area (Å²) in [6.45, 7) is 7.20. The van der Waals surface area contributed by atoms with E-state index in [0.29, 0.717) is 0 Å². The van der Waals surface area contributed by atoms with Crippen LogP contribution in [0.5, 0.6) is 0 Å². The molecule has 4 heteroatoms. The van der Waals surface area contributed by atoms with Crippen molar-refractivity contribution < 1.29 is 5.11 Å². The van der Waals surface area contributed by atoms with Crippen molar-refractivity contribution in [2.45, 2.75) is 13.0 Å². The van der Waals surface area contributed by atoms with E-state index in [4.69, 9.17) is 0 Å². The van der Waals surface area contributed by atoms with Gasteiger partial charge in [-0.05, 0) is 26.1 Å². The van der Waals surface area contributed by atoms with Gasteiger partial charge in [0.1, 0.15) is 6.10 Å². The van der Waals surface area contributed by atoms with Gasteiger partial charge in [-0.1, -0.05) is 0 Å². The average molecular weight is 240 g/mol. The summed E-state index contributed by atoms with van der Waals surface area (Å²) in [5.74, 6) is 0. The van der Waals surface area contributed by atoms with Crippen LogP contribution in [-0.2, 0) is 0 Å². The largest absolute Gasteiger partial charge is 0.386 e. The minimum absolute atomic E-state index is 0.317. The topological polar surface area (TPSA) is 26.7 Å². The maximum absolute atomic E-state index is 10.1. The van der Waals surface area contributed by atoms with E-state index in [0.717, 1.165) is 37.6 Å². The number of β-amino-alcohol motifs (C(OH)–C–C–N with tert-alkyl or cyclic N) is 1. The highest BCUT2D eigenvalue weighted by atomic mass is 32.1. The molecule has 2 rings (SSSR count). The third kappa shape index (κ3) is 3.04. The number of aliphatic hydroxyl groups is 1. The van der Waals surface area contributed by atoms with Crippen LogP contribution in [0.2, 0.25) is 0 Å². The first kappa shape index (κ1) is 12.0. The third-order valence-electron chi connectivity index (χ3n) is 3.12. The minimum Gasteiger partial charge on any atom is -0.386 e. The predicted molar refractivity (Wildman–Crippen MR) is 68.0 cm³/mol. The molecule has 0 saturated carbocycles. The molecule has 1 fully saturated rings. The molecule has 1 saturated heterocycles. The number of hydrogen-bond acceptors (Lipinski definition) is 4. The minimum atomic E-state index is -0.317. The molecule has 0 aromatic carbocycles. The quantitative estimate of drug-likeness (QED) is 0.863. The van der Waals surface area contributed by atoms with Gasteiger partial charge >= 0.3 is 0 Å². The Balaban J connectivity index is 1.85. The molecule has 0 amide bonds. The first-order chi connectivity index (χ1) is 7.65. The van der Waals surface area contributed by atoms with Crippen LogP contribution in [0, 0.1) is 6.92 Å². The molecule has 1 aliphatic heterocycles. The molecule has 1 unspecified atom stereocenters. The lowest BCUT2D eigenvalue weighted by atomic mass is 10.2. The van der Waals surface area contributed by atoms with Crippen molar-refractivity contribution in [1.29, 1.82) is 0 Å². The van der Waals surface area contributed by atoms with Crippen molar-refractivity contribution in [3.8, 4) is 0 Å². The van der Waals surface area contributed by atoms with E-state index in [-0.39, 0.29) is 6.10 Å². The summed E-state index contributed by atoms with van der Waals surface area (Å²) in [4.78, 5) is 7.04. The zero-order chi connectivity index (χ0) is 11.5. The standard InChI is InChI=1S/C12H20N2OS/c1-10-3-4-12(16-10)11(15)9-14-7-5-13(2)6-8-14/h3-4,11,15H,5-9H2,1-2H3. The molecular formula is C12H20N2OS. The fourth-order valence-electron chi connectivity index (χ4n) is 2.00. The normalized spacial score (nSPS) is 21.2. The number of aliphatic hydroxyl groups excluding tert-OH is 1. The molecule has 0 radical (unpaired) electrons. The Bertz CT molecular complexity index is 332. The van der Waals surface area contributed by atoms with Crippen LogP contribution in [0.4, 0.5) is 0 Å². The second-order valence-electron chi connectivity index (χ2n) is 4.57. The molecule has 0 bridgehead atoms. The molecule has 16 heavy (non-hydrogen) atoms. The van der Waals surface area contributed by atoms with E-state index in [9.17, 15) is 5.11 Å². The maximum atomic E-state index is 10.1. The molecule has 1 N–H and O–H groups in total. The zero-order valence-corrected chi connectivity index (χ0v) is 10.8. The van der Waals surface area contributed by atoms with E-state index in [1.807, 2.05) is 6.07 Å². The molecule has 0 spiro atoms. The van der Waals surface area contributed by atoms with Crippen LogP contribution in [0.3, 0.4) is 0 Å². The molecule has 0 aliphatic carbocycles. The van der Waals surface area contributed by atoms with Gasteiger partial charge in [-0.2, -0.15) is 0 Å². The summed E-state index contributed by atoms with van der Waals surface area (Å²) < 4.78 is 0. The van der Waals surface area contributed by atoms with Gasteiger partial charge in [-0.25, -0.2) is 0 Å². The van der Waals surface area contributed by atoms with E-state index in [1.54, 1.807) is 11.3 Å². The fourth-order valence-corrected chi connectivity index (χ4v) is 2.85. The summed E-state index contributed by atoms with van der Waals surface area (Å²) in [5, 5.41) is 10.1. The van der Waals surface area contributed by atoms with Crippen molar-refractivity contribution in [3.63, 3.8) is 0 Å². The Morgan fingerprint density at radius 1 is 1.31 bits per heavy atom. The van der Waals surface area contributed by atoms with E-state index in [2.05, 4.69) is 29.8 Å². The molecule has 1 aromatic rings. The van der Waals surface area contributed by atoms with Gasteiger partial charge in [0.25, 0.3) is 0 Å². The first-order valence-electron chi connectivity index (χ1n) is 5.80. The Morgan fingerprint density at radius 2 is 2.00 bits per heavy atom. The summed E-state index contributed by atoms with van der Waals surface area (Å²) in [6.07, 6.45) is -0.317. The highest BCUT2D eigenvalue weighted by Crippen LogP contribution is 2.23. The van der Waals surface area contributed by atoms with Crippen molar-refractivity contribution in [2.75, 3.05) is 39.8 Å². The molecule has 1 aromatic heterocycles. The van der Waals surface area contributed by atoms with Crippen LogP contribution in [0.25, 0.3) is 0 Å². The second-order valence-corrected chi connectivity index (χ2v) is 5.89. The van der Waals surface area contributed by atoms with E-state index in [1.165, 1.54) is 4.88 Å². The lowest BCUT2D eigenvalue weighted by molar-refractivity contribution is 0.0823. The summed E-state index contributed by atoms with van der Waals surface area (Å²) >= 11 is 1.70. The lowest BCUT2D eigenvalue weighted by Crippen LogP contribution is -2.45. The number of thiophene rings is 1. The Hall–Kier alpha value is -0.420. The molecule has 1 aliphatic rings. The van der Waals surface area contributed by atoms with Crippen molar-refractivity contribution in [2.24, 2.45) is 0 Å². The maximum Gasteiger partial charge on any atom is 0.101 e. The van der Waals surface area contributed by atoms with Crippen LogP contribution < -0.4 is 0 Å². The SMILES string of the molecule is Cc1ccc(C(O)CN2CCN(C)CC2)s1. The zero-order valence-electron chi connectivity index (χ0n) is 10.0. The number of piperazine rings is 1. The second kappa shape index (κ2) is 5.27. The van der Waals surface area contributed by atoms with Gasteiger partial charge < -0.3 is 10.0 Å². The van der Waals surface area contributed by atoms with Gasteiger partial charge in [0, 0.05) is 42.5 Å². The van der Waals surface area contributed by atoms with Gasteiger partial charge in [0.15, 0.2) is 0 Å². The van der Waals surface area contributed by atoms with Crippen molar-refractivity contribution in [3.05, 3.63) is 21.9 Å². The van der Waals surface area contributed by atoms with Gasteiger partial charge in [0.2, 0.25) is 0 Å². The van der Waals surface area contributed by atoms with Crippen molar-refractivity contribution in [1.82, 2.24) is 9.80 Å². The lowest BCUT2D eigenvalue weighted by Gasteiger charge is -2.33. The van der Waals surface area contributed by atoms with Crippen molar-refractivity contribution >= 4 is 11.3 Å². The number of hydrogen-bond donors (Lipinski definition) is 1. The predicted octanol–water partition coefficient (Wildman–Crippen LogP) is 1.34. The molecule has 90 valence electrons. The summed E-state index contributed by atoms with van der Waals surface area (Å²) in [5.41, 5.74) is 0. The Kier molecular flexibility index (Phi) is 3.97. The molecular weight excluding hydrogens is 220 g/mol. The number of aryl methyl sites for hydroxylation is 1. The average Bonchev–Trinajstić information content (AvgIpc) is 2.68. The van der Waals surface area contributed by atoms with Gasteiger partial charge in [0.05, 0.1) is 0 Å².